The van der Waals surface area contributed by atoms with E-state index < -0.39 is 5.82 Å². The van der Waals surface area contributed by atoms with Crippen molar-refractivity contribution in [1.82, 2.24) is 9.97 Å². The molecule has 0 saturated carbocycles. The number of nitrogens with one attached hydrogen (secondary N) is 1. The molecule has 1 aliphatic heterocycles. The van der Waals surface area contributed by atoms with E-state index in [1.54, 1.807) is 0 Å². The fourth-order valence-corrected chi connectivity index (χ4v) is 2.61. The van der Waals surface area contributed by atoms with Gasteiger partial charge in [0.1, 0.15) is 6.61 Å². The lowest BCUT2D eigenvalue weighted by Gasteiger charge is -2.10. The Kier molecular flexibility index (Phi) is 4.74. The fraction of sp³-hybridized carbons (Fsp3) is 0.200. The molecule has 0 bridgehead atoms. The number of hydrogen-bond donors (Lipinski definition) is 1. The Balaban J connectivity index is 1.40. The summed E-state index contributed by atoms with van der Waals surface area (Å²) in [6.45, 7) is 2.93. The molecular weight excluding hydrogens is 349 g/mol. The summed E-state index contributed by atoms with van der Waals surface area (Å²) in [5.41, 5.74) is 3.08. The molecule has 6 nitrogen and oxygen atoms in total. The van der Waals surface area contributed by atoms with Crippen molar-refractivity contribution in [3.63, 3.8) is 0 Å². The van der Waals surface area contributed by atoms with Gasteiger partial charge in [-0.1, -0.05) is 35.9 Å². The zero-order valence-electron chi connectivity index (χ0n) is 14.7. The lowest BCUT2D eigenvalue weighted by molar-refractivity contribution is 0.174. The molecule has 0 unspecified atom stereocenters. The molecule has 27 heavy (non-hydrogen) atoms. The fourth-order valence-electron chi connectivity index (χ4n) is 2.61. The van der Waals surface area contributed by atoms with Crippen LogP contribution in [-0.4, -0.2) is 16.8 Å². The molecule has 1 aromatic heterocycles. The molecule has 0 fully saturated rings. The van der Waals surface area contributed by atoms with Crippen LogP contribution in [0.1, 0.15) is 16.7 Å². The van der Waals surface area contributed by atoms with Crippen LogP contribution in [0.5, 0.6) is 17.5 Å². The van der Waals surface area contributed by atoms with Gasteiger partial charge in [-0.05, 0) is 30.2 Å². The Bertz CT molecular complexity index is 948. The van der Waals surface area contributed by atoms with Crippen LogP contribution in [0.2, 0.25) is 0 Å². The van der Waals surface area contributed by atoms with E-state index >= 15 is 0 Å². The third-order valence-electron chi connectivity index (χ3n) is 4.11. The highest BCUT2D eigenvalue weighted by Gasteiger charge is 2.14. The number of nitrogens with zero attached hydrogens (tertiary/aromatic N) is 2. The van der Waals surface area contributed by atoms with Crippen LogP contribution in [0.25, 0.3) is 0 Å². The van der Waals surface area contributed by atoms with Gasteiger partial charge in [-0.2, -0.15) is 4.98 Å². The third-order valence-corrected chi connectivity index (χ3v) is 4.11. The SMILES string of the molecule is Cc1ccc(COc2ncc(F)c(NCc3ccc4c(c3)OCO4)n2)cc1. The molecule has 0 amide bonds. The van der Waals surface area contributed by atoms with Gasteiger partial charge in [0.15, 0.2) is 23.1 Å². The van der Waals surface area contributed by atoms with Gasteiger partial charge in [0.05, 0.1) is 6.20 Å². The van der Waals surface area contributed by atoms with Crippen molar-refractivity contribution in [2.24, 2.45) is 0 Å². The summed E-state index contributed by atoms with van der Waals surface area (Å²) in [6.07, 6.45) is 1.10. The van der Waals surface area contributed by atoms with Gasteiger partial charge in [-0.3, -0.25) is 0 Å². The monoisotopic (exact) mass is 367 g/mol. The normalized spacial score (nSPS) is 12.1. The number of anilines is 1. The van der Waals surface area contributed by atoms with Crippen molar-refractivity contribution in [3.05, 3.63) is 71.2 Å². The zero-order chi connectivity index (χ0) is 18.6. The molecule has 138 valence electrons. The van der Waals surface area contributed by atoms with E-state index in [0.29, 0.717) is 24.7 Å². The second kappa shape index (κ2) is 7.49. The first-order valence-corrected chi connectivity index (χ1v) is 8.51. The van der Waals surface area contributed by atoms with Crippen molar-refractivity contribution >= 4 is 5.82 Å². The summed E-state index contributed by atoms with van der Waals surface area (Å²) in [4.78, 5) is 8.01. The first kappa shape index (κ1) is 17.1. The summed E-state index contributed by atoms with van der Waals surface area (Å²) < 4.78 is 30.2. The molecule has 1 aliphatic rings. The number of aromatic nitrogens is 2. The van der Waals surface area contributed by atoms with Crippen molar-refractivity contribution in [3.8, 4) is 17.5 Å². The Morgan fingerprint density at radius 2 is 1.85 bits per heavy atom. The molecule has 1 N–H and O–H groups in total. The number of aryl methyl sites for hydroxylation is 1. The van der Waals surface area contributed by atoms with Crippen molar-refractivity contribution in [2.75, 3.05) is 12.1 Å². The van der Waals surface area contributed by atoms with Crippen molar-refractivity contribution in [1.29, 1.82) is 0 Å². The minimum atomic E-state index is -0.543. The molecule has 4 rings (SSSR count). The average molecular weight is 367 g/mol. The Morgan fingerprint density at radius 3 is 2.70 bits per heavy atom. The van der Waals surface area contributed by atoms with E-state index in [4.69, 9.17) is 14.2 Å². The number of ether oxygens (including phenoxy) is 3. The highest BCUT2D eigenvalue weighted by Crippen LogP contribution is 2.32. The molecule has 3 aromatic rings. The van der Waals surface area contributed by atoms with Crippen LogP contribution in [-0.2, 0) is 13.2 Å². The second-order valence-corrected chi connectivity index (χ2v) is 6.16. The van der Waals surface area contributed by atoms with Gasteiger partial charge in [-0.15, -0.1) is 0 Å². The van der Waals surface area contributed by atoms with E-state index in [2.05, 4.69) is 15.3 Å². The van der Waals surface area contributed by atoms with Crippen LogP contribution in [0.15, 0.2) is 48.7 Å². The van der Waals surface area contributed by atoms with Gasteiger partial charge in [0.25, 0.3) is 0 Å². The predicted octanol–water partition coefficient (Wildman–Crippen LogP) is 3.84. The van der Waals surface area contributed by atoms with E-state index in [9.17, 15) is 4.39 Å². The molecule has 7 heteroatoms. The van der Waals surface area contributed by atoms with Crippen LogP contribution >= 0.6 is 0 Å². The summed E-state index contributed by atoms with van der Waals surface area (Å²) in [6, 6.07) is 13.6. The first-order valence-electron chi connectivity index (χ1n) is 8.51. The molecule has 0 saturated heterocycles. The predicted molar refractivity (Wildman–Crippen MR) is 97.4 cm³/mol. The number of halogens is 1. The maximum atomic E-state index is 14.0. The molecule has 0 atom stereocenters. The summed E-state index contributed by atoms with van der Waals surface area (Å²) in [5, 5.41) is 2.96. The Morgan fingerprint density at radius 1 is 1.07 bits per heavy atom. The van der Waals surface area contributed by atoms with Crippen LogP contribution in [0, 0.1) is 12.7 Å². The molecule has 0 aliphatic carbocycles. The molecular formula is C20H18FN3O3. The minimum Gasteiger partial charge on any atom is -0.459 e. The highest BCUT2D eigenvalue weighted by atomic mass is 19.1. The Labute approximate surface area is 155 Å². The third kappa shape index (κ3) is 4.08. The lowest BCUT2D eigenvalue weighted by atomic mass is 10.2. The second-order valence-electron chi connectivity index (χ2n) is 6.16. The van der Waals surface area contributed by atoms with Crippen molar-refractivity contribution in [2.45, 2.75) is 20.1 Å². The first-order chi connectivity index (χ1) is 13.2. The van der Waals surface area contributed by atoms with Crippen LogP contribution in [0.4, 0.5) is 10.2 Å². The van der Waals surface area contributed by atoms with Gasteiger partial charge in [0, 0.05) is 6.54 Å². The average Bonchev–Trinajstić information content (AvgIpc) is 3.15. The summed E-state index contributed by atoms with van der Waals surface area (Å²) in [5.74, 6) is 0.929. The highest BCUT2D eigenvalue weighted by molar-refractivity contribution is 5.46. The maximum Gasteiger partial charge on any atom is 0.318 e. The smallest absolute Gasteiger partial charge is 0.318 e. The number of rotatable bonds is 6. The summed E-state index contributed by atoms with van der Waals surface area (Å²) in [7, 11) is 0. The lowest BCUT2D eigenvalue weighted by Crippen LogP contribution is -2.07. The van der Waals surface area contributed by atoms with Gasteiger partial charge >= 0.3 is 6.01 Å². The topological polar surface area (TPSA) is 65.5 Å². The molecule has 0 radical (unpaired) electrons. The van der Waals surface area contributed by atoms with E-state index in [1.807, 2.05) is 49.4 Å². The van der Waals surface area contributed by atoms with Crippen LogP contribution < -0.4 is 19.5 Å². The van der Waals surface area contributed by atoms with E-state index in [-0.39, 0.29) is 18.6 Å². The largest absolute Gasteiger partial charge is 0.459 e. The number of benzene rings is 2. The Hall–Kier alpha value is -3.35. The van der Waals surface area contributed by atoms with Gasteiger partial charge in [0.2, 0.25) is 6.79 Å². The minimum absolute atomic E-state index is 0.0848. The molecule has 0 spiro atoms. The van der Waals surface area contributed by atoms with Gasteiger partial charge < -0.3 is 19.5 Å². The van der Waals surface area contributed by atoms with Crippen LogP contribution in [0.3, 0.4) is 0 Å². The molecule has 2 heterocycles. The van der Waals surface area contributed by atoms with Crippen molar-refractivity contribution < 1.29 is 18.6 Å². The van der Waals surface area contributed by atoms with E-state index in [0.717, 1.165) is 17.3 Å². The van der Waals surface area contributed by atoms with E-state index in [1.165, 1.54) is 5.56 Å². The molecule has 2 aromatic carbocycles. The zero-order valence-corrected chi connectivity index (χ0v) is 14.7. The summed E-state index contributed by atoms with van der Waals surface area (Å²) >= 11 is 0. The number of fused-ring (bicyclic) bond motifs is 1. The van der Waals surface area contributed by atoms with Gasteiger partial charge in [-0.25, -0.2) is 9.37 Å². The standard InChI is InChI=1S/C20H18FN3O3/c1-13-2-4-14(5-3-13)11-25-20-23-10-16(21)19(24-20)22-9-15-6-7-17-18(8-15)27-12-26-17/h2-8,10H,9,11-12H2,1H3,(H,22,23,24). The number of hydrogen-bond acceptors (Lipinski definition) is 6. The maximum absolute atomic E-state index is 14.0. The quantitative estimate of drug-likeness (QED) is 0.714.